The van der Waals surface area contributed by atoms with Gasteiger partial charge in [-0.25, -0.2) is 0 Å². The molecule has 1 saturated heterocycles. The summed E-state index contributed by atoms with van der Waals surface area (Å²) in [6, 6.07) is 18.5. The van der Waals surface area contributed by atoms with E-state index in [1.54, 1.807) is 22.1 Å². The number of H-pyrrole nitrogens is 1. The Labute approximate surface area is 188 Å². The van der Waals surface area contributed by atoms with Crippen molar-refractivity contribution in [1.82, 2.24) is 20.0 Å². The smallest absolute Gasteiger partial charge is 0.257 e. The lowest BCUT2D eigenvalue weighted by Gasteiger charge is -2.23. The highest BCUT2D eigenvalue weighted by molar-refractivity contribution is 5.95. The van der Waals surface area contributed by atoms with E-state index < -0.39 is 0 Å². The zero-order chi connectivity index (χ0) is 22.5. The molecular weight excluding hydrogens is 400 g/mol. The van der Waals surface area contributed by atoms with Crippen molar-refractivity contribution in [3.05, 3.63) is 90.3 Å². The van der Waals surface area contributed by atoms with Gasteiger partial charge in [0.1, 0.15) is 0 Å². The Morgan fingerprint density at radius 3 is 2.50 bits per heavy atom. The maximum Gasteiger partial charge on any atom is 0.257 e. The minimum absolute atomic E-state index is 0.0660. The molecule has 6 nitrogen and oxygen atoms in total. The normalized spacial score (nSPS) is 16.7. The van der Waals surface area contributed by atoms with Gasteiger partial charge in [0.2, 0.25) is 5.91 Å². The average molecular weight is 429 g/mol. The quantitative estimate of drug-likeness (QED) is 0.609. The summed E-state index contributed by atoms with van der Waals surface area (Å²) in [7, 11) is 0. The lowest BCUT2D eigenvalue weighted by Crippen LogP contribution is -2.38. The third kappa shape index (κ3) is 4.64. The highest BCUT2D eigenvalue weighted by atomic mass is 16.2. The Hall–Kier alpha value is -3.67. The molecule has 1 fully saturated rings. The minimum atomic E-state index is -0.309. The van der Waals surface area contributed by atoms with Crippen LogP contribution < -0.4 is 0 Å². The van der Waals surface area contributed by atoms with Gasteiger partial charge in [0.05, 0.1) is 17.7 Å². The van der Waals surface area contributed by atoms with Crippen LogP contribution in [-0.4, -0.2) is 58.0 Å². The van der Waals surface area contributed by atoms with Crippen molar-refractivity contribution < 1.29 is 9.59 Å². The summed E-state index contributed by atoms with van der Waals surface area (Å²) in [5.74, 6) is -0.332. The molecular formula is C26H28N4O2. The monoisotopic (exact) mass is 428 g/mol. The second kappa shape index (κ2) is 9.64. The van der Waals surface area contributed by atoms with E-state index in [2.05, 4.69) is 53.2 Å². The van der Waals surface area contributed by atoms with Gasteiger partial charge in [-0.05, 0) is 30.0 Å². The Kier molecular flexibility index (Phi) is 6.50. The van der Waals surface area contributed by atoms with Crippen molar-refractivity contribution in [2.45, 2.75) is 13.3 Å². The van der Waals surface area contributed by atoms with E-state index in [0.717, 1.165) is 22.4 Å². The summed E-state index contributed by atoms with van der Waals surface area (Å²) in [5, 5.41) is 6.80. The molecule has 0 unspecified atom stereocenters. The molecule has 1 atom stereocenters. The molecule has 2 aromatic carbocycles. The van der Waals surface area contributed by atoms with Crippen LogP contribution in [-0.2, 0) is 11.2 Å². The van der Waals surface area contributed by atoms with E-state index in [1.165, 1.54) is 0 Å². The standard InChI is InChI=1S/C26H28N4O2/c1-3-13-29-14-15-30(26(32)24-17-27-28-19(24)2)18-23(25(29)31)16-20-9-11-22(12-10-20)21-7-5-4-6-8-21/h3-12,17,23H,1,13-16,18H2,2H3,(H,27,28)/t23-/m1/s1. The lowest BCUT2D eigenvalue weighted by atomic mass is 9.95. The number of nitrogens with one attached hydrogen (secondary N) is 1. The van der Waals surface area contributed by atoms with E-state index in [4.69, 9.17) is 0 Å². The maximum absolute atomic E-state index is 13.3. The highest BCUT2D eigenvalue weighted by Crippen LogP contribution is 2.23. The average Bonchev–Trinajstić information content (AvgIpc) is 3.19. The van der Waals surface area contributed by atoms with E-state index in [9.17, 15) is 9.59 Å². The second-order valence-corrected chi connectivity index (χ2v) is 8.20. The number of amides is 2. The fraction of sp³-hybridized carbons (Fsp3) is 0.269. The van der Waals surface area contributed by atoms with E-state index >= 15 is 0 Å². The van der Waals surface area contributed by atoms with Crippen LogP contribution in [0.2, 0.25) is 0 Å². The van der Waals surface area contributed by atoms with Gasteiger partial charge in [0.25, 0.3) is 5.91 Å². The third-order valence-electron chi connectivity index (χ3n) is 5.98. The van der Waals surface area contributed by atoms with Crippen LogP contribution in [0.3, 0.4) is 0 Å². The molecule has 0 radical (unpaired) electrons. The van der Waals surface area contributed by atoms with Crippen molar-refractivity contribution in [2.24, 2.45) is 5.92 Å². The van der Waals surface area contributed by atoms with Crippen LogP contribution in [0, 0.1) is 12.8 Å². The van der Waals surface area contributed by atoms with Crippen molar-refractivity contribution in [2.75, 3.05) is 26.2 Å². The Balaban J connectivity index is 1.55. The van der Waals surface area contributed by atoms with Gasteiger partial charge < -0.3 is 9.80 Å². The van der Waals surface area contributed by atoms with Gasteiger partial charge in [-0.2, -0.15) is 5.10 Å². The summed E-state index contributed by atoms with van der Waals surface area (Å²) in [6.45, 7) is 7.48. The Bertz CT molecular complexity index is 1090. The first-order chi connectivity index (χ1) is 15.6. The summed E-state index contributed by atoms with van der Waals surface area (Å²) >= 11 is 0. The molecule has 1 aromatic heterocycles. The number of hydrogen-bond acceptors (Lipinski definition) is 3. The second-order valence-electron chi connectivity index (χ2n) is 8.20. The molecule has 4 rings (SSSR count). The summed E-state index contributed by atoms with van der Waals surface area (Å²) in [5.41, 5.74) is 4.67. The minimum Gasteiger partial charge on any atom is -0.337 e. The van der Waals surface area contributed by atoms with Gasteiger partial charge in [-0.15, -0.1) is 6.58 Å². The lowest BCUT2D eigenvalue weighted by molar-refractivity contribution is -0.134. The molecule has 2 heterocycles. The number of carbonyl (C=O) groups is 2. The van der Waals surface area contributed by atoms with Crippen LogP contribution in [0.25, 0.3) is 11.1 Å². The fourth-order valence-corrected chi connectivity index (χ4v) is 4.20. The van der Waals surface area contributed by atoms with Gasteiger partial charge in [-0.3, -0.25) is 14.7 Å². The molecule has 1 N–H and O–H groups in total. The van der Waals surface area contributed by atoms with Gasteiger partial charge in [0.15, 0.2) is 0 Å². The van der Waals surface area contributed by atoms with Crippen LogP contribution in [0.15, 0.2) is 73.4 Å². The summed E-state index contributed by atoms with van der Waals surface area (Å²) in [4.78, 5) is 30.0. The number of aromatic nitrogens is 2. The first-order valence-electron chi connectivity index (χ1n) is 10.9. The zero-order valence-corrected chi connectivity index (χ0v) is 18.3. The zero-order valence-electron chi connectivity index (χ0n) is 18.3. The Morgan fingerprint density at radius 2 is 1.84 bits per heavy atom. The molecule has 2 amide bonds. The van der Waals surface area contributed by atoms with Crippen LogP contribution in [0.5, 0.6) is 0 Å². The first-order valence-corrected chi connectivity index (χ1v) is 10.9. The fourth-order valence-electron chi connectivity index (χ4n) is 4.20. The predicted molar refractivity (Wildman–Crippen MR) is 125 cm³/mol. The number of benzene rings is 2. The number of aryl methyl sites for hydroxylation is 1. The molecule has 3 aromatic rings. The maximum atomic E-state index is 13.3. The highest BCUT2D eigenvalue weighted by Gasteiger charge is 2.32. The first kappa shape index (κ1) is 21.6. The molecule has 0 aliphatic carbocycles. The number of aromatic amines is 1. The Morgan fingerprint density at radius 1 is 1.12 bits per heavy atom. The van der Waals surface area contributed by atoms with Crippen molar-refractivity contribution >= 4 is 11.8 Å². The van der Waals surface area contributed by atoms with Crippen LogP contribution in [0.1, 0.15) is 21.6 Å². The van der Waals surface area contributed by atoms with Crippen molar-refractivity contribution in [3.63, 3.8) is 0 Å². The van der Waals surface area contributed by atoms with Crippen molar-refractivity contribution in [3.8, 4) is 11.1 Å². The van der Waals surface area contributed by atoms with Crippen LogP contribution in [0.4, 0.5) is 0 Å². The molecule has 164 valence electrons. The van der Waals surface area contributed by atoms with E-state index in [1.807, 2.05) is 25.1 Å². The molecule has 1 aliphatic heterocycles. The number of rotatable bonds is 6. The summed E-state index contributed by atoms with van der Waals surface area (Å²) in [6.07, 6.45) is 3.88. The molecule has 0 spiro atoms. The number of hydrogen-bond donors (Lipinski definition) is 1. The van der Waals surface area contributed by atoms with E-state index in [-0.39, 0.29) is 17.7 Å². The van der Waals surface area contributed by atoms with Crippen LogP contribution >= 0.6 is 0 Å². The molecule has 32 heavy (non-hydrogen) atoms. The van der Waals surface area contributed by atoms with Crippen molar-refractivity contribution in [1.29, 1.82) is 0 Å². The summed E-state index contributed by atoms with van der Waals surface area (Å²) < 4.78 is 0. The largest absolute Gasteiger partial charge is 0.337 e. The van der Waals surface area contributed by atoms with Gasteiger partial charge >= 0.3 is 0 Å². The predicted octanol–water partition coefficient (Wildman–Crippen LogP) is 3.71. The molecule has 0 bridgehead atoms. The molecule has 6 heteroatoms. The van der Waals surface area contributed by atoms with E-state index in [0.29, 0.717) is 38.2 Å². The SMILES string of the molecule is C=CCN1CCN(C(=O)c2cn[nH]c2C)C[C@@H](Cc2ccc(-c3ccccc3)cc2)C1=O. The number of carbonyl (C=O) groups excluding carboxylic acids is 2. The third-order valence-corrected chi connectivity index (χ3v) is 5.98. The molecule has 0 saturated carbocycles. The van der Waals surface area contributed by atoms with Gasteiger partial charge in [-0.1, -0.05) is 60.7 Å². The molecule has 1 aliphatic rings. The topological polar surface area (TPSA) is 69.3 Å². The number of nitrogens with zero attached hydrogens (tertiary/aromatic N) is 3. The van der Waals surface area contributed by atoms with Gasteiger partial charge in [0, 0.05) is 31.9 Å².